The third-order valence-electron chi connectivity index (χ3n) is 6.60. The largest absolute Gasteiger partial charge is 0.543 e. The smallest absolute Gasteiger partial charge is 0.250 e. The molecule has 168 valence electrons. The van der Waals surface area contributed by atoms with Gasteiger partial charge < -0.3 is 8.85 Å². The van der Waals surface area contributed by atoms with E-state index in [4.69, 9.17) is 8.85 Å². The Morgan fingerprint density at radius 3 is 1.45 bits per heavy atom. The summed E-state index contributed by atoms with van der Waals surface area (Å²) in [6.45, 7) is 25.1. The highest BCUT2D eigenvalue weighted by atomic mass is 79.9. The van der Waals surface area contributed by atoms with Crippen LogP contribution in [0.15, 0.2) is 15.0 Å². The molecular weight excluding hydrogens is 524 g/mol. The second-order valence-electron chi connectivity index (χ2n) is 11.2. The molecule has 0 saturated heterocycles. The SMILES string of the molecule is CCCCCc1c(Br)c(O[Si](C)(C)C(C)(C)C)cc(O[Si](C)(C)C(C)(C)C)c1Br. The van der Waals surface area contributed by atoms with Crippen LogP contribution in [-0.4, -0.2) is 16.6 Å². The zero-order valence-electron chi connectivity index (χ0n) is 20.5. The van der Waals surface area contributed by atoms with Gasteiger partial charge in [0.2, 0.25) is 0 Å². The van der Waals surface area contributed by atoms with Crippen molar-refractivity contribution in [3.05, 3.63) is 20.6 Å². The molecule has 0 fully saturated rings. The van der Waals surface area contributed by atoms with Crippen molar-refractivity contribution in [1.82, 2.24) is 0 Å². The van der Waals surface area contributed by atoms with Gasteiger partial charge in [0, 0.05) is 6.07 Å². The van der Waals surface area contributed by atoms with Gasteiger partial charge in [0.15, 0.2) is 0 Å². The van der Waals surface area contributed by atoms with E-state index in [9.17, 15) is 0 Å². The molecule has 2 nitrogen and oxygen atoms in total. The van der Waals surface area contributed by atoms with Gasteiger partial charge in [-0.25, -0.2) is 0 Å². The standard InChI is InChI=1S/C23H42Br2O2Si2/c1-12-13-14-15-17-20(24)18(26-28(8,9)22(2,3)4)16-19(21(17)25)27-29(10,11)23(5,6)7/h16H,12-15H2,1-11H3. The van der Waals surface area contributed by atoms with Crippen molar-refractivity contribution < 1.29 is 8.85 Å². The summed E-state index contributed by atoms with van der Waals surface area (Å²) in [5.74, 6) is 1.86. The maximum atomic E-state index is 6.75. The summed E-state index contributed by atoms with van der Waals surface area (Å²) in [5, 5.41) is 0.282. The predicted molar refractivity (Wildman–Crippen MR) is 141 cm³/mol. The Labute approximate surface area is 199 Å². The van der Waals surface area contributed by atoms with Crippen molar-refractivity contribution in [1.29, 1.82) is 0 Å². The Morgan fingerprint density at radius 1 is 0.759 bits per heavy atom. The number of hydrogen-bond acceptors (Lipinski definition) is 2. The minimum Gasteiger partial charge on any atom is -0.543 e. The molecule has 0 aliphatic rings. The summed E-state index contributed by atoms with van der Waals surface area (Å²) in [6, 6.07) is 2.11. The van der Waals surface area contributed by atoms with Crippen molar-refractivity contribution in [3.8, 4) is 11.5 Å². The summed E-state index contributed by atoms with van der Waals surface area (Å²) in [4.78, 5) is 0. The van der Waals surface area contributed by atoms with Crippen molar-refractivity contribution in [2.24, 2.45) is 0 Å². The first kappa shape index (κ1) is 27.2. The monoisotopic (exact) mass is 564 g/mol. The third-order valence-corrected chi connectivity index (χ3v) is 17.0. The molecule has 0 aromatic heterocycles. The van der Waals surface area contributed by atoms with E-state index in [1.54, 1.807) is 0 Å². The van der Waals surface area contributed by atoms with Crippen LogP contribution in [0.3, 0.4) is 0 Å². The van der Waals surface area contributed by atoms with Crippen LogP contribution in [0.2, 0.25) is 36.3 Å². The van der Waals surface area contributed by atoms with Crippen LogP contribution in [0.5, 0.6) is 11.5 Å². The normalized spacial score (nSPS) is 13.6. The molecule has 0 N–H and O–H groups in total. The van der Waals surface area contributed by atoms with Gasteiger partial charge in [-0.15, -0.1) is 0 Å². The lowest BCUT2D eigenvalue weighted by atomic mass is 10.1. The molecular formula is C23H42Br2O2Si2. The van der Waals surface area contributed by atoms with Gasteiger partial charge in [0.1, 0.15) is 11.5 Å². The molecule has 1 rings (SSSR count). The van der Waals surface area contributed by atoms with Crippen LogP contribution < -0.4 is 8.85 Å². The fourth-order valence-corrected chi connectivity index (χ4v) is 6.20. The lowest BCUT2D eigenvalue weighted by Crippen LogP contribution is -2.44. The van der Waals surface area contributed by atoms with Crippen LogP contribution in [-0.2, 0) is 6.42 Å². The lowest BCUT2D eigenvalue weighted by molar-refractivity contribution is 0.469. The molecule has 29 heavy (non-hydrogen) atoms. The Kier molecular flexibility index (Phi) is 9.19. The molecule has 0 amide bonds. The van der Waals surface area contributed by atoms with Gasteiger partial charge in [-0.1, -0.05) is 61.3 Å². The Bertz CT molecular complexity index is 650. The van der Waals surface area contributed by atoms with Gasteiger partial charge in [-0.3, -0.25) is 0 Å². The van der Waals surface area contributed by atoms with E-state index in [2.05, 4.69) is 113 Å². The minimum atomic E-state index is -1.96. The maximum Gasteiger partial charge on any atom is 0.250 e. The average molecular weight is 567 g/mol. The molecule has 0 aliphatic carbocycles. The van der Waals surface area contributed by atoms with Crippen LogP contribution in [0.25, 0.3) is 0 Å². The van der Waals surface area contributed by atoms with Gasteiger partial charge in [0.05, 0.1) is 8.95 Å². The number of rotatable bonds is 8. The molecule has 0 radical (unpaired) electrons. The second-order valence-corrected chi connectivity index (χ2v) is 22.2. The summed E-state index contributed by atoms with van der Waals surface area (Å²) < 4.78 is 15.6. The van der Waals surface area contributed by atoms with Crippen molar-refractivity contribution in [2.45, 2.75) is 110 Å². The van der Waals surface area contributed by atoms with Gasteiger partial charge in [0.25, 0.3) is 16.6 Å². The number of unbranched alkanes of at least 4 members (excludes halogenated alkanes) is 2. The summed E-state index contributed by atoms with van der Waals surface area (Å²) in [6.07, 6.45) is 4.61. The molecule has 0 saturated carbocycles. The lowest BCUT2D eigenvalue weighted by Gasteiger charge is -2.39. The molecule has 0 bridgehead atoms. The summed E-state index contributed by atoms with van der Waals surface area (Å²) >= 11 is 7.76. The van der Waals surface area contributed by atoms with E-state index in [0.29, 0.717) is 0 Å². The van der Waals surface area contributed by atoms with Crippen LogP contribution >= 0.6 is 31.9 Å². The van der Waals surface area contributed by atoms with E-state index in [-0.39, 0.29) is 10.1 Å². The fourth-order valence-electron chi connectivity index (χ4n) is 2.42. The van der Waals surface area contributed by atoms with Crippen molar-refractivity contribution in [2.75, 3.05) is 0 Å². The Morgan fingerprint density at radius 2 is 1.14 bits per heavy atom. The third kappa shape index (κ3) is 6.85. The highest BCUT2D eigenvalue weighted by Crippen LogP contribution is 2.47. The topological polar surface area (TPSA) is 18.5 Å². The van der Waals surface area contributed by atoms with Crippen molar-refractivity contribution >= 4 is 48.5 Å². The van der Waals surface area contributed by atoms with Gasteiger partial charge in [-0.2, -0.15) is 0 Å². The van der Waals surface area contributed by atoms with Gasteiger partial charge >= 0.3 is 0 Å². The van der Waals surface area contributed by atoms with Crippen LogP contribution in [0, 0.1) is 0 Å². The molecule has 6 heteroatoms. The van der Waals surface area contributed by atoms with E-state index in [1.165, 1.54) is 18.4 Å². The van der Waals surface area contributed by atoms with Crippen LogP contribution in [0.4, 0.5) is 0 Å². The average Bonchev–Trinajstić information content (AvgIpc) is 2.52. The molecule has 0 heterocycles. The van der Waals surface area contributed by atoms with E-state index in [0.717, 1.165) is 33.3 Å². The van der Waals surface area contributed by atoms with E-state index in [1.807, 2.05) is 0 Å². The molecule has 0 spiro atoms. The minimum absolute atomic E-state index is 0.141. The molecule has 1 aromatic rings. The van der Waals surface area contributed by atoms with E-state index >= 15 is 0 Å². The predicted octanol–water partition coefficient (Wildman–Crippen LogP) is 9.71. The van der Waals surface area contributed by atoms with Gasteiger partial charge in [-0.05, 0) is 86.5 Å². The molecule has 0 aliphatic heterocycles. The first-order valence-corrected chi connectivity index (χ1v) is 18.2. The summed E-state index contributed by atoms with van der Waals surface area (Å²) in [7, 11) is -3.93. The highest BCUT2D eigenvalue weighted by Gasteiger charge is 2.41. The first-order chi connectivity index (χ1) is 12.9. The molecule has 1 aromatic carbocycles. The fraction of sp³-hybridized carbons (Fsp3) is 0.739. The maximum absolute atomic E-state index is 6.75. The van der Waals surface area contributed by atoms with Crippen molar-refractivity contribution in [3.63, 3.8) is 0 Å². The molecule has 0 unspecified atom stereocenters. The summed E-state index contributed by atoms with van der Waals surface area (Å²) in [5.41, 5.74) is 1.27. The quantitative estimate of drug-likeness (QED) is 0.230. The zero-order chi connectivity index (χ0) is 22.8. The highest BCUT2D eigenvalue weighted by molar-refractivity contribution is 9.11. The second kappa shape index (κ2) is 9.78. The number of benzene rings is 1. The number of halogens is 2. The first-order valence-electron chi connectivity index (χ1n) is 10.8. The van der Waals surface area contributed by atoms with E-state index < -0.39 is 16.6 Å². The van der Waals surface area contributed by atoms with Crippen LogP contribution in [0.1, 0.15) is 73.3 Å². The Hall–Kier alpha value is 0.214. The number of hydrogen-bond donors (Lipinski definition) is 0. The Balaban J connectivity index is 3.50. The molecule has 0 atom stereocenters. The zero-order valence-corrected chi connectivity index (χ0v) is 25.7.